The molecule has 1 saturated heterocycles. The summed E-state index contributed by atoms with van der Waals surface area (Å²) >= 11 is 0. The Balaban J connectivity index is 1.71. The zero-order chi connectivity index (χ0) is 12.4. The first-order valence-electron chi connectivity index (χ1n) is 6.84. The summed E-state index contributed by atoms with van der Waals surface area (Å²) in [5.41, 5.74) is 1.25. The molecule has 4 heteroatoms. The number of nitrogens with zero attached hydrogens (tertiary/aromatic N) is 2. The first kappa shape index (κ1) is 11.9. The number of rotatable bonds is 4. The number of hydrogen-bond donors (Lipinski definition) is 1. The lowest BCUT2D eigenvalue weighted by molar-refractivity contribution is 0.0932. The molecule has 1 atom stereocenters. The van der Waals surface area contributed by atoms with E-state index < -0.39 is 0 Å². The number of morpholine rings is 1. The first-order valence-corrected chi connectivity index (χ1v) is 6.84. The van der Waals surface area contributed by atoms with Gasteiger partial charge < -0.3 is 15.0 Å². The Bertz CT molecular complexity index is 406. The van der Waals surface area contributed by atoms with Gasteiger partial charge in [-0.15, -0.1) is 0 Å². The molecule has 4 nitrogen and oxygen atoms in total. The van der Waals surface area contributed by atoms with Gasteiger partial charge in [-0.2, -0.15) is 0 Å². The van der Waals surface area contributed by atoms with Gasteiger partial charge in [0.25, 0.3) is 0 Å². The number of aryl methyl sites for hydroxylation is 1. The van der Waals surface area contributed by atoms with E-state index in [1.54, 1.807) is 0 Å². The van der Waals surface area contributed by atoms with Crippen LogP contribution in [0.1, 0.15) is 18.4 Å². The fraction of sp³-hybridized carbons (Fsp3) is 0.643. The molecule has 1 aliphatic carbocycles. The van der Waals surface area contributed by atoms with Gasteiger partial charge in [0.05, 0.1) is 19.3 Å². The van der Waals surface area contributed by atoms with Crippen LogP contribution in [0, 0.1) is 6.92 Å². The third-order valence-corrected chi connectivity index (χ3v) is 3.70. The van der Waals surface area contributed by atoms with Gasteiger partial charge in [0.2, 0.25) is 0 Å². The maximum Gasteiger partial charge on any atom is 0.131 e. The van der Waals surface area contributed by atoms with E-state index in [2.05, 4.69) is 28.2 Å². The Morgan fingerprint density at radius 3 is 3.17 bits per heavy atom. The molecular weight excluding hydrogens is 226 g/mol. The van der Waals surface area contributed by atoms with Crippen LogP contribution in [-0.4, -0.2) is 43.4 Å². The van der Waals surface area contributed by atoms with Gasteiger partial charge >= 0.3 is 0 Å². The van der Waals surface area contributed by atoms with Crippen LogP contribution in [0.2, 0.25) is 0 Å². The predicted octanol–water partition coefficient (Wildman–Crippen LogP) is 1.35. The zero-order valence-electron chi connectivity index (χ0n) is 10.9. The minimum absolute atomic E-state index is 0.410. The van der Waals surface area contributed by atoms with Crippen LogP contribution in [0.3, 0.4) is 0 Å². The van der Waals surface area contributed by atoms with Crippen LogP contribution in [0.15, 0.2) is 18.3 Å². The fourth-order valence-electron chi connectivity index (χ4n) is 2.47. The Hall–Kier alpha value is -1.13. The molecule has 0 radical (unpaired) electrons. The number of anilines is 1. The van der Waals surface area contributed by atoms with Gasteiger partial charge in [0, 0.05) is 25.3 Å². The Kier molecular flexibility index (Phi) is 3.48. The molecule has 0 aromatic carbocycles. The molecule has 1 aromatic rings. The summed E-state index contributed by atoms with van der Waals surface area (Å²) in [6.07, 6.45) is 4.54. The maximum absolute atomic E-state index is 5.62. The molecule has 1 aromatic heterocycles. The third kappa shape index (κ3) is 2.65. The molecule has 2 heterocycles. The highest BCUT2D eigenvalue weighted by molar-refractivity contribution is 5.47. The summed E-state index contributed by atoms with van der Waals surface area (Å²) in [5.74, 6) is 1.11. The largest absolute Gasteiger partial charge is 0.377 e. The van der Waals surface area contributed by atoms with Crippen molar-refractivity contribution in [2.75, 3.05) is 31.2 Å². The average molecular weight is 247 g/mol. The number of ether oxygens (including phenoxy) is 1. The van der Waals surface area contributed by atoms with E-state index in [0.717, 1.165) is 38.2 Å². The van der Waals surface area contributed by atoms with E-state index in [9.17, 15) is 0 Å². The molecule has 1 aliphatic heterocycles. The second-order valence-corrected chi connectivity index (χ2v) is 5.25. The lowest BCUT2D eigenvalue weighted by Gasteiger charge is -2.37. The highest BCUT2D eigenvalue weighted by Crippen LogP contribution is 2.22. The Morgan fingerprint density at radius 2 is 2.39 bits per heavy atom. The molecule has 2 fully saturated rings. The molecule has 3 rings (SSSR count). The van der Waals surface area contributed by atoms with E-state index in [1.165, 1.54) is 18.4 Å². The van der Waals surface area contributed by atoms with Crippen molar-refractivity contribution >= 4 is 5.82 Å². The highest BCUT2D eigenvalue weighted by atomic mass is 16.5. The SMILES string of the molecule is Cc1cccnc1N1CCOCC1CNC1CC1. The van der Waals surface area contributed by atoms with E-state index in [-0.39, 0.29) is 0 Å². The smallest absolute Gasteiger partial charge is 0.131 e. The normalized spacial score (nSPS) is 24.3. The van der Waals surface area contributed by atoms with Gasteiger partial charge in [-0.1, -0.05) is 6.07 Å². The second kappa shape index (κ2) is 5.24. The Labute approximate surface area is 108 Å². The summed E-state index contributed by atoms with van der Waals surface area (Å²) in [5, 5.41) is 3.60. The van der Waals surface area contributed by atoms with Gasteiger partial charge in [0.1, 0.15) is 5.82 Å². The number of hydrogen-bond acceptors (Lipinski definition) is 4. The fourth-order valence-corrected chi connectivity index (χ4v) is 2.47. The summed E-state index contributed by atoms with van der Waals surface area (Å²) in [7, 11) is 0. The zero-order valence-corrected chi connectivity index (χ0v) is 10.9. The summed E-state index contributed by atoms with van der Waals surface area (Å²) < 4.78 is 5.62. The second-order valence-electron chi connectivity index (χ2n) is 5.25. The van der Waals surface area contributed by atoms with Crippen molar-refractivity contribution in [1.29, 1.82) is 0 Å². The molecule has 2 aliphatic rings. The van der Waals surface area contributed by atoms with Crippen molar-refractivity contribution in [3.8, 4) is 0 Å². The molecule has 1 saturated carbocycles. The van der Waals surface area contributed by atoms with Gasteiger partial charge in [0.15, 0.2) is 0 Å². The molecule has 0 bridgehead atoms. The molecule has 98 valence electrons. The topological polar surface area (TPSA) is 37.4 Å². The number of aromatic nitrogens is 1. The number of pyridine rings is 1. The first-order chi connectivity index (χ1) is 8.84. The predicted molar refractivity (Wildman–Crippen MR) is 72.0 cm³/mol. The van der Waals surface area contributed by atoms with Crippen LogP contribution in [0.25, 0.3) is 0 Å². The van der Waals surface area contributed by atoms with Crippen LogP contribution in [0.5, 0.6) is 0 Å². The molecule has 1 unspecified atom stereocenters. The molecule has 0 amide bonds. The molecule has 0 spiro atoms. The standard InChI is InChI=1S/C14H21N3O/c1-11-3-2-6-15-14(11)17-7-8-18-10-13(17)9-16-12-4-5-12/h2-3,6,12-13,16H,4-5,7-10H2,1H3. The van der Waals surface area contributed by atoms with E-state index in [1.807, 2.05) is 12.3 Å². The van der Waals surface area contributed by atoms with E-state index in [4.69, 9.17) is 4.74 Å². The lowest BCUT2D eigenvalue weighted by atomic mass is 10.2. The summed E-state index contributed by atoms with van der Waals surface area (Å²) in [6, 6.07) is 5.28. The van der Waals surface area contributed by atoms with Gasteiger partial charge in [-0.25, -0.2) is 4.98 Å². The van der Waals surface area contributed by atoms with E-state index >= 15 is 0 Å². The number of nitrogens with one attached hydrogen (secondary N) is 1. The Morgan fingerprint density at radius 1 is 1.50 bits per heavy atom. The monoisotopic (exact) mass is 247 g/mol. The maximum atomic E-state index is 5.62. The summed E-state index contributed by atoms with van der Waals surface area (Å²) in [6.45, 7) is 5.67. The molecule has 18 heavy (non-hydrogen) atoms. The van der Waals surface area contributed by atoms with Crippen LogP contribution < -0.4 is 10.2 Å². The van der Waals surface area contributed by atoms with Crippen molar-refractivity contribution in [3.05, 3.63) is 23.9 Å². The van der Waals surface area contributed by atoms with E-state index in [0.29, 0.717) is 6.04 Å². The van der Waals surface area contributed by atoms with Gasteiger partial charge in [-0.3, -0.25) is 0 Å². The van der Waals surface area contributed by atoms with Crippen molar-refractivity contribution in [1.82, 2.24) is 10.3 Å². The minimum Gasteiger partial charge on any atom is -0.377 e. The van der Waals surface area contributed by atoms with Crippen molar-refractivity contribution in [2.45, 2.75) is 31.8 Å². The molecule has 1 N–H and O–H groups in total. The van der Waals surface area contributed by atoms with Crippen molar-refractivity contribution < 1.29 is 4.74 Å². The van der Waals surface area contributed by atoms with Crippen LogP contribution in [0.4, 0.5) is 5.82 Å². The lowest BCUT2D eigenvalue weighted by Crippen LogP contribution is -2.51. The third-order valence-electron chi connectivity index (χ3n) is 3.70. The van der Waals surface area contributed by atoms with Gasteiger partial charge in [-0.05, 0) is 31.4 Å². The molecular formula is C14H21N3O. The highest BCUT2D eigenvalue weighted by Gasteiger charge is 2.28. The average Bonchev–Trinajstić information content (AvgIpc) is 3.22. The van der Waals surface area contributed by atoms with Crippen molar-refractivity contribution in [2.24, 2.45) is 0 Å². The van der Waals surface area contributed by atoms with Crippen molar-refractivity contribution in [3.63, 3.8) is 0 Å². The minimum atomic E-state index is 0.410. The van der Waals surface area contributed by atoms with Crippen LogP contribution >= 0.6 is 0 Å². The quantitative estimate of drug-likeness (QED) is 0.871. The van der Waals surface area contributed by atoms with Crippen LogP contribution in [-0.2, 0) is 4.74 Å². The summed E-state index contributed by atoms with van der Waals surface area (Å²) in [4.78, 5) is 6.93.